The molecule has 34 heavy (non-hydrogen) atoms. The van der Waals surface area contributed by atoms with E-state index < -0.39 is 5.82 Å². The fourth-order valence-corrected chi connectivity index (χ4v) is 5.88. The van der Waals surface area contributed by atoms with Crippen molar-refractivity contribution >= 4 is 51.8 Å². The Morgan fingerprint density at radius 3 is 2.71 bits per heavy atom. The summed E-state index contributed by atoms with van der Waals surface area (Å²) in [5, 5.41) is 12.3. The van der Waals surface area contributed by atoms with Crippen LogP contribution in [0.2, 0.25) is 0 Å². The van der Waals surface area contributed by atoms with Crippen molar-refractivity contribution in [1.82, 2.24) is 29.3 Å². The Bertz CT molecular complexity index is 1360. The van der Waals surface area contributed by atoms with Crippen molar-refractivity contribution in [2.75, 3.05) is 11.6 Å². The molecular formula is C22H22FIN7OPS. The minimum atomic E-state index is -0.462. The standard InChI is InChI=1S/C22H22FIN7OPS/c1-12-8-18(29-31(12)33-24)26-21-19(13-4-5-13)20(14-10-25-30(2)11-14)27-22(28-21)32-17-7-6-15(34-3)9-16(17)23/h6-11,13,33H,4-5H2,1-3H3,(H,26,27,28,29). The van der Waals surface area contributed by atoms with Gasteiger partial charge in [-0.2, -0.15) is 20.2 Å². The molecule has 0 aliphatic heterocycles. The van der Waals surface area contributed by atoms with Crippen molar-refractivity contribution in [3.8, 4) is 23.0 Å². The molecule has 1 fully saturated rings. The molecule has 3 aromatic heterocycles. The highest BCUT2D eigenvalue weighted by molar-refractivity contribution is 14.2. The zero-order chi connectivity index (χ0) is 23.8. The summed E-state index contributed by atoms with van der Waals surface area (Å²) in [5.74, 6) is 1.26. The Morgan fingerprint density at radius 2 is 2.09 bits per heavy atom. The molecule has 0 radical (unpaired) electrons. The van der Waals surface area contributed by atoms with Gasteiger partial charge >= 0.3 is 6.01 Å². The zero-order valence-corrected chi connectivity index (χ0v) is 22.7. The Labute approximate surface area is 215 Å². The summed E-state index contributed by atoms with van der Waals surface area (Å²) in [4.78, 5) is 10.2. The third-order valence-electron chi connectivity index (χ3n) is 5.44. The summed E-state index contributed by atoms with van der Waals surface area (Å²) in [5.41, 5.74) is 3.64. The Morgan fingerprint density at radius 1 is 1.26 bits per heavy atom. The molecule has 0 spiro atoms. The molecule has 1 aliphatic carbocycles. The fourth-order valence-electron chi connectivity index (χ4n) is 3.64. The molecule has 1 saturated carbocycles. The van der Waals surface area contributed by atoms with Gasteiger partial charge in [0.15, 0.2) is 17.4 Å². The molecule has 3 heterocycles. The molecule has 1 aliphatic rings. The highest BCUT2D eigenvalue weighted by atomic mass is 127. The molecule has 12 heteroatoms. The molecule has 8 nitrogen and oxygen atoms in total. The zero-order valence-electron chi connectivity index (χ0n) is 18.7. The van der Waals surface area contributed by atoms with Gasteiger partial charge < -0.3 is 10.1 Å². The summed E-state index contributed by atoms with van der Waals surface area (Å²) in [6.45, 7) is 2.02. The van der Waals surface area contributed by atoms with Gasteiger partial charge in [-0.25, -0.2) is 8.84 Å². The first kappa shape index (κ1) is 23.5. The number of anilines is 2. The van der Waals surface area contributed by atoms with E-state index in [4.69, 9.17) is 9.72 Å². The summed E-state index contributed by atoms with van der Waals surface area (Å²) in [7, 11) is 1.86. The van der Waals surface area contributed by atoms with E-state index in [-0.39, 0.29) is 11.8 Å². The van der Waals surface area contributed by atoms with Crippen LogP contribution in [0.15, 0.2) is 41.6 Å². The van der Waals surface area contributed by atoms with Crippen LogP contribution < -0.4 is 10.1 Å². The van der Waals surface area contributed by atoms with Crippen molar-refractivity contribution in [1.29, 1.82) is 0 Å². The number of hydrogen-bond donors (Lipinski definition) is 1. The first-order chi connectivity index (χ1) is 16.4. The normalized spacial score (nSPS) is 13.7. The predicted molar refractivity (Wildman–Crippen MR) is 142 cm³/mol. The molecule has 0 bridgehead atoms. The number of thioether (sulfide) groups is 1. The highest BCUT2D eigenvalue weighted by Gasteiger charge is 2.33. The van der Waals surface area contributed by atoms with Crippen LogP contribution in [0.5, 0.6) is 11.8 Å². The maximum atomic E-state index is 14.7. The smallest absolute Gasteiger partial charge is 0.324 e. The van der Waals surface area contributed by atoms with Crippen LogP contribution >= 0.6 is 40.2 Å². The van der Waals surface area contributed by atoms with Crippen LogP contribution in [-0.2, 0) is 7.05 Å². The molecule has 0 saturated heterocycles. The number of aromatic nitrogens is 6. The average Bonchev–Trinajstić information content (AvgIpc) is 3.46. The lowest BCUT2D eigenvalue weighted by Gasteiger charge is -2.15. The van der Waals surface area contributed by atoms with Gasteiger partial charge in [0, 0.05) is 41.0 Å². The van der Waals surface area contributed by atoms with Gasteiger partial charge in [0.2, 0.25) is 0 Å². The quantitative estimate of drug-likeness (QED) is 0.140. The number of benzene rings is 1. The highest BCUT2D eigenvalue weighted by Crippen LogP contribution is 2.48. The van der Waals surface area contributed by atoms with Crippen molar-refractivity contribution in [3.63, 3.8) is 0 Å². The fraction of sp³-hybridized carbons (Fsp3) is 0.273. The Hall–Kier alpha value is -2.24. The van der Waals surface area contributed by atoms with E-state index >= 15 is 0 Å². The van der Waals surface area contributed by atoms with Crippen LogP contribution in [0, 0.1) is 12.7 Å². The molecule has 176 valence electrons. The van der Waals surface area contributed by atoms with E-state index in [9.17, 15) is 4.39 Å². The second kappa shape index (κ2) is 9.79. The van der Waals surface area contributed by atoms with Crippen molar-refractivity contribution < 1.29 is 9.13 Å². The molecule has 1 N–H and O–H groups in total. The van der Waals surface area contributed by atoms with Gasteiger partial charge in [0.1, 0.15) is 5.82 Å². The molecule has 1 unspecified atom stereocenters. The topological polar surface area (TPSA) is 82.7 Å². The third kappa shape index (κ3) is 4.92. The first-order valence-corrected chi connectivity index (χ1v) is 15.9. The second-order valence-corrected chi connectivity index (χ2v) is 10.9. The largest absolute Gasteiger partial charge is 0.421 e. The summed E-state index contributed by atoms with van der Waals surface area (Å²) in [6.07, 6.45) is 8.18. The third-order valence-corrected chi connectivity index (χ3v) is 8.15. The molecule has 1 atom stereocenters. The number of ether oxygens (including phenoxy) is 1. The van der Waals surface area contributed by atoms with Crippen LogP contribution in [-0.4, -0.2) is 35.6 Å². The minimum absolute atomic E-state index is 0.0634. The lowest BCUT2D eigenvalue weighted by Crippen LogP contribution is -2.06. The monoisotopic (exact) mass is 609 g/mol. The second-order valence-electron chi connectivity index (χ2n) is 7.98. The van der Waals surface area contributed by atoms with E-state index in [1.165, 1.54) is 17.8 Å². The minimum Gasteiger partial charge on any atom is -0.421 e. The number of rotatable bonds is 8. The lowest BCUT2D eigenvalue weighted by molar-refractivity contribution is 0.411. The van der Waals surface area contributed by atoms with E-state index in [2.05, 4.69) is 42.5 Å². The SMILES string of the molecule is CSc1ccc(Oc2nc(Nc3cc(C)n(PI)n3)c(C3CC3)c(-c3cnn(C)c3)n2)c(F)c1. The first-order valence-electron chi connectivity index (χ1n) is 10.6. The molecule has 5 rings (SSSR count). The maximum Gasteiger partial charge on any atom is 0.324 e. The maximum absolute atomic E-state index is 14.7. The van der Waals surface area contributed by atoms with Crippen LogP contribution in [0.1, 0.15) is 30.0 Å². The van der Waals surface area contributed by atoms with E-state index in [1.807, 2.05) is 43.0 Å². The van der Waals surface area contributed by atoms with Crippen LogP contribution in [0.4, 0.5) is 16.0 Å². The van der Waals surface area contributed by atoms with Gasteiger partial charge in [-0.1, -0.05) is 0 Å². The van der Waals surface area contributed by atoms with Crippen molar-refractivity contribution in [2.45, 2.75) is 30.6 Å². The number of nitrogens with zero attached hydrogens (tertiary/aromatic N) is 6. The van der Waals surface area contributed by atoms with Gasteiger partial charge in [0.05, 0.1) is 18.3 Å². The molecular weight excluding hydrogens is 587 g/mol. The Kier molecular flexibility index (Phi) is 6.76. The predicted octanol–water partition coefficient (Wildman–Crippen LogP) is 6.45. The van der Waals surface area contributed by atoms with Crippen LogP contribution in [0.25, 0.3) is 11.3 Å². The van der Waals surface area contributed by atoms with Gasteiger partial charge in [-0.3, -0.25) is 4.68 Å². The molecule has 0 amide bonds. The van der Waals surface area contributed by atoms with E-state index in [1.54, 1.807) is 16.9 Å². The summed E-state index contributed by atoms with van der Waals surface area (Å²) < 4.78 is 24.2. The number of aryl methyl sites for hydroxylation is 2. The van der Waals surface area contributed by atoms with E-state index in [0.29, 0.717) is 23.9 Å². The Balaban J connectivity index is 1.61. The number of halogens is 2. The average molecular weight is 609 g/mol. The van der Waals surface area contributed by atoms with Crippen molar-refractivity contribution in [2.24, 2.45) is 7.05 Å². The van der Waals surface area contributed by atoms with Gasteiger partial charge in [-0.15, -0.1) is 11.8 Å². The van der Waals surface area contributed by atoms with Gasteiger partial charge in [-0.05, 0) is 72.2 Å². The summed E-state index contributed by atoms with van der Waals surface area (Å²) >= 11 is 3.77. The number of hydrogen-bond acceptors (Lipinski definition) is 7. The number of nitrogens with one attached hydrogen (secondary N) is 1. The van der Waals surface area contributed by atoms with Gasteiger partial charge in [0.25, 0.3) is 0 Å². The summed E-state index contributed by atoms with van der Waals surface area (Å²) in [6, 6.07) is 6.90. The van der Waals surface area contributed by atoms with Crippen LogP contribution in [0.3, 0.4) is 0 Å². The molecule has 4 aromatic rings. The van der Waals surface area contributed by atoms with E-state index in [0.717, 1.165) is 40.3 Å². The molecule has 1 aromatic carbocycles. The van der Waals surface area contributed by atoms with Crippen molar-refractivity contribution in [3.05, 3.63) is 53.7 Å². The lowest BCUT2D eigenvalue weighted by atomic mass is 10.1.